The van der Waals surface area contributed by atoms with Crippen molar-refractivity contribution in [3.63, 3.8) is 0 Å². The maximum absolute atomic E-state index is 12.9. The summed E-state index contributed by atoms with van der Waals surface area (Å²) >= 11 is 0. The second-order valence-electron chi connectivity index (χ2n) is 7.36. The van der Waals surface area contributed by atoms with E-state index >= 15 is 0 Å². The normalized spacial score (nSPS) is 15.6. The molecule has 1 amide bonds. The van der Waals surface area contributed by atoms with E-state index in [1.807, 2.05) is 43.5 Å². The topological polar surface area (TPSA) is 58.9 Å². The molecule has 1 fully saturated rings. The smallest absolute Gasteiger partial charge is 0.270 e. The third-order valence-corrected chi connectivity index (χ3v) is 5.29. The van der Waals surface area contributed by atoms with E-state index in [0.29, 0.717) is 5.69 Å². The predicted molar refractivity (Wildman–Crippen MR) is 110 cm³/mol. The molecule has 6 heteroatoms. The minimum atomic E-state index is -0.112. The van der Waals surface area contributed by atoms with E-state index in [-0.39, 0.29) is 11.9 Å². The van der Waals surface area contributed by atoms with Crippen molar-refractivity contribution in [2.45, 2.75) is 26.8 Å². The second kappa shape index (κ2) is 7.64. The second-order valence-corrected chi connectivity index (χ2v) is 7.36. The summed E-state index contributed by atoms with van der Waals surface area (Å²) in [5.74, 6) is -0.112. The zero-order valence-electron chi connectivity index (χ0n) is 16.6. The standard InChI is InChI=1S/C22H26N4O2/c1-15-8-9-26-20(14-15)23-17(3)21(26)22(27)24-16(2)18-4-6-19(7-5-18)25-10-12-28-13-11-25/h4-9,14,16H,10-13H2,1-3H3,(H,24,27). The third kappa shape index (κ3) is 3.60. The lowest BCUT2D eigenvalue weighted by atomic mass is 10.1. The van der Waals surface area contributed by atoms with Gasteiger partial charge in [0.15, 0.2) is 0 Å². The number of nitrogens with zero attached hydrogens (tertiary/aromatic N) is 3. The van der Waals surface area contributed by atoms with Crippen molar-refractivity contribution in [1.29, 1.82) is 0 Å². The Morgan fingerprint density at radius 3 is 2.57 bits per heavy atom. The van der Waals surface area contributed by atoms with Crippen LogP contribution in [0.3, 0.4) is 0 Å². The van der Waals surface area contributed by atoms with E-state index in [0.717, 1.165) is 48.8 Å². The van der Waals surface area contributed by atoms with Crippen molar-refractivity contribution < 1.29 is 9.53 Å². The van der Waals surface area contributed by atoms with Gasteiger partial charge in [0, 0.05) is 25.0 Å². The number of hydrogen-bond acceptors (Lipinski definition) is 4. The van der Waals surface area contributed by atoms with Gasteiger partial charge >= 0.3 is 0 Å². The van der Waals surface area contributed by atoms with E-state index in [1.54, 1.807) is 0 Å². The van der Waals surface area contributed by atoms with Crippen LogP contribution in [-0.2, 0) is 4.74 Å². The van der Waals surface area contributed by atoms with E-state index < -0.39 is 0 Å². The molecular formula is C22H26N4O2. The molecule has 3 aromatic rings. The first-order valence-electron chi connectivity index (χ1n) is 9.72. The molecule has 0 spiro atoms. The molecule has 0 bridgehead atoms. The van der Waals surface area contributed by atoms with Gasteiger partial charge in [-0.15, -0.1) is 0 Å². The summed E-state index contributed by atoms with van der Waals surface area (Å²) in [6.07, 6.45) is 1.90. The number of pyridine rings is 1. The molecule has 28 heavy (non-hydrogen) atoms. The molecule has 146 valence electrons. The van der Waals surface area contributed by atoms with Gasteiger partial charge in [-0.3, -0.25) is 9.20 Å². The number of aromatic nitrogens is 2. The maximum Gasteiger partial charge on any atom is 0.270 e. The first kappa shape index (κ1) is 18.5. The van der Waals surface area contributed by atoms with Gasteiger partial charge in [-0.25, -0.2) is 4.98 Å². The summed E-state index contributed by atoms with van der Waals surface area (Å²) in [6, 6.07) is 12.3. The first-order valence-corrected chi connectivity index (χ1v) is 9.72. The molecule has 1 atom stereocenters. The number of carbonyl (C=O) groups excluding carboxylic acids is 1. The van der Waals surface area contributed by atoms with Gasteiger partial charge in [0.2, 0.25) is 0 Å². The number of fused-ring (bicyclic) bond motifs is 1. The lowest BCUT2D eigenvalue weighted by Gasteiger charge is -2.29. The molecule has 1 aromatic carbocycles. The lowest BCUT2D eigenvalue weighted by molar-refractivity contribution is 0.0933. The van der Waals surface area contributed by atoms with Crippen molar-refractivity contribution in [3.05, 3.63) is 65.1 Å². The van der Waals surface area contributed by atoms with Gasteiger partial charge in [-0.2, -0.15) is 0 Å². The Labute approximate surface area is 165 Å². The molecular weight excluding hydrogens is 352 g/mol. The highest BCUT2D eigenvalue weighted by atomic mass is 16.5. The van der Waals surface area contributed by atoms with Crippen molar-refractivity contribution >= 4 is 17.2 Å². The van der Waals surface area contributed by atoms with Gasteiger partial charge in [0.1, 0.15) is 11.3 Å². The summed E-state index contributed by atoms with van der Waals surface area (Å²) in [6.45, 7) is 9.27. The maximum atomic E-state index is 12.9. The highest BCUT2D eigenvalue weighted by molar-refractivity contribution is 5.95. The number of aryl methyl sites for hydroxylation is 2. The van der Waals surface area contributed by atoms with Gasteiger partial charge in [0.25, 0.3) is 5.91 Å². The molecule has 3 heterocycles. The lowest BCUT2D eigenvalue weighted by Crippen LogP contribution is -2.36. The molecule has 0 aliphatic carbocycles. The molecule has 6 nitrogen and oxygen atoms in total. The first-order chi connectivity index (χ1) is 13.5. The van der Waals surface area contributed by atoms with Crippen LogP contribution in [0.2, 0.25) is 0 Å². The van der Waals surface area contributed by atoms with Crippen LogP contribution < -0.4 is 10.2 Å². The van der Waals surface area contributed by atoms with E-state index in [1.165, 1.54) is 5.69 Å². The number of morpholine rings is 1. The number of ether oxygens (including phenoxy) is 1. The number of carbonyl (C=O) groups is 1. The van der Waals surface area contributed by atoms with Crippen LogP contribution >= 0.6 is 0 Å². The van der Waals surface area contributed by atoms with Gasteiger partial charge in [0.05, 0.1) is 24.9 Å². The largest absolute Gasteiger partial charge is 0.378 e. The Morgan fingerprint density at radius 2 is 1.86 bits per heavy atom. The molecule has 1 unspecified atom stereocenters. The van der Waals surface area contributed by atoms with E-state index in [2.05, 4.69) is 39.5 Å². The van der Waals surface area contributed by atoms with Crippen LogP contribution in [0.25, 0.3) is 5.65 Å². The Kier molecular flexibility index (Phi) is 5.05. The predicted octanol–water partition coefficient (Wildman–Crippen LogP) is 3.28. The van der Waals surface area contributed by atoms with Crippen molar-refractivity contribution in [2.75, 3.05) is 31.2 Å². The summed E-state index contributed by atoms with van der Waals surface area (Å²) < 4.78 is 7.27. The Hall–Kier alpha value is -2.86. The number of benzene rings is 1. The number of anilines is 1. The number of amides is 1. The minimum Gasteiger partial charge on any atom is -0.378 e. The zero-order valence-corrected chi connectivity index (χ0v) is 16.6. The van der Waals surface area contributed by atoms with Gasteiger partial charge in [-0.05, 0) is 56.2 Å². The summed E-state index contributed by atoms with van der Waals surface area (Å²) in [4.78, 5) is 19.8. The van der Waals surface area contributed by atoms with E-state index in [4.69, 9.17) is 4.74 Å². The quantitative estimate of drug-likeness (QED) is 0.757. The SMILES string of the molecule is Cc1ccn2c(C(=O)NC(C)c3ccc(N4CCOCC4)cc3)c(C)nc2c1. The van der Waals surface area contributed by atoms with Crippen molar-refractivity contribution in [2.24, 2.45) is 0 Å². The monoisotopic (exact) mass is 378 g/mol. The van der Waals surface area contributed by atoms with Crippen molar-refractivity contribution in [3.8, 4) is 0 Å². The number of hydrogen-bond donors (Lipinski definition) is 1. The van der Waals surface area contributed by atoms with Crippen LogP contribution in [-0.4, -0.2) is 41.6 Å². The van der Waals surface area contributed by atoms with E-state index in [9.17, 15) is 4.79 Å². The highest BCUT2D eigenvalue weighted by Gasteiger charge is 2.19. The summed E-state index contributed by atoms with van der Waals surface area (Å²) in [5, 5.41) is 3.11. The molecule has 1 N–H and O–H groups in total. The third-order valence-electron chi connectivity index (χ3n) is 5.29. The minimum absolute atomic E-state index is 0.0957. The van der Waals surface area contributed by atoms with Gasteiger partial charge in [-0.1, -0.05) is 12.1 Å². The Bertz CT molecular complexity index is 988. The Morgan fingerprint density at radius 1 is 1.14 bits per heavy atom. The summed E-state index contributed by atoms with van der Waals surface area (Å²) in [5.41, 5.74) is 5.51. The molecule has 0 saturated carbocycles. The average Bonchev–Trinajstić information content (AvgIpc) is 3.03. The molecule has 2 aromatic heterocycles. The molecule has 0 radical (unpaired) electrons. The molecule has 1 saturated heterocycles. The van der Waals surface area contributed by atoms with Crippen molar-refractivity contribution in [1.82, 2.24) is 14.7 Å². The fourth-order valence-corrected chi connectivity index (χ4v) is 3.68. The molecule has 1 aliphatic heterocycles. The fraction of sp³-hybridized carbons (Fsp3) is 0.364. The number of imidazole rings is 1. The van der Waals surface area contributed by atoms with Crippen LogP contribution in [0.1, 0.15) is 40.3 Å². The average molecular weight is 378 g/mol. The zero-order chi connectivity index (χ0) is 19.7. The molecule has 1 aliphatic rings. The fourth-order valence-electron chi connectivity index (χ4n) is 3.68. The number of nitrogens with one attached hydrogen (secondary N) is 1. The van der Waals surface area contributed by atoms with Gasteiger partial charge < -0.3 is 15.0 Å². The highest BCUT2D eigenvalue weighted by Crippen LogP contribution is 2.21. The molecule has 4 rings (SSSR count). The van der Waals surface area contributed by atoms with Crippen LogP contribution in [0, 0.1) is 13.8 Å². The van der Waals surface area contributed by atoms with Crippen LogP contribution in [0.15, 0.2) is 42.6 Å². The summed E-state index contributed by atoms with van der Waals surface area (Å²) in [7, 11) is 0. The van der Waals surface area contributed by atoms with Crippen LogP contribution in [0.5, 0.6) is 0 Å². The number of rotatable bonds is 4. The van der Waals surface area contributed by atoms with Crippen LogP contribution in [0.4, 0.5) is 5.69 Å². The Balaban J connectivity index is 1.49.